The van der Waals surface area contributed by atoms with E-state index in [1.165, 1.54) is 7.11 Å². The highest BCUT2D eigenvalue weighted by Gasteiger charge is 2.36. The van der Waals surface area contributed by atoms with E-state index in [0.717, 1.165) is 28.0 Å². The molecule has 3 aromatic carbocycles. The molecule has 0 radical (unpaired) electrons. The fraction of sp³-hybridized carbons (Fsp3) is 0.160. The zero-order valence-electron chi connectivity index (χ0n) is 17.1. The number of ether oxygens (including phenoxy) is 5. The summed E-state index contributed by atoms with van der Waals surface area (Å²) in [5.74, 6) is 2.25. The molecule has 0 N–H and O–H groups in total. The summed E-state index contributed by atoms with van der Waals surface area (Å²) in [5.41, 5.74) is 3.64. The minimum absolute atomic E-state index is 0.171. The Bertz CT molecular complexity index is 1180. The van der Waals surface area contributed by atoms with E-state index >= 15 is 0 Å². The van der Waals surface area contributed by atoms with Crippen LogP contribution in [0.3, 0.4) is 0 Å². The van der Waals surface area contributed by atoms with Gasteiger partial charge in [-0.25, -0.2) is 4.79 Å². The summed E-state index contributed by atoms with van der Waals surface area (Å²) in [6.45, 7) is 0.171. The van der Waals surface area contributed by atoms with Gasteiger partial charge in [0.1, 0.15) is 11.5 Å². The standard InChI is InChI=1S/C25H20O6/c1-27-17-10-7-15(8-11-17)22-18-5-3-4-6-19(18)31-24(23(22)25(26)28-2)16-9-12-20-21(13-16)30-14-29-20/h3-13,24H,14H2,1-2H3. The van der Waals surface area contributed by atoms with Crippen LogP contribution in [0.1, 0.15) is 22.8 Å². The van der Waals surface area contributed by atoms with E-state index in [1.54, 1.807) is 7.11 Å². The van der Waals surface area contributed by atoms with Crippen LogP contribution in [0.15, 0.2) is 72.3 Å². The minimum Gasteiger partial charge on any atom is -0.497 e. The lowest BCUT2D eigenvalue weighted by Crippen LogP contribution is -2.24. The quantitative estimate of drug-likeness (QED) is 0.582. The Hall–Kier alpha value is -3.93. The fourth-order valence-electron chi connectivity index (χ4n) is 3.94. The molecule has 5 rings (SSSR count). The van der Waals surface area contributed by atoms with Crippen molar-refractivity contribution in [2.24, 2.45) is 0 Å². The average molecular weight is 416 g/mol. The Morgan fingerprint density at radius 2 is 1.68 bits per heavy atom. The molecule has 2 aliphatic rings. The monoisotopic (exact) mass is 416 g/mol. The van der Waals surface area contributed by atoms with Crippen molar-refractivity contribution in [2.45, 2.75) is 6.10 Å². The van der Waals surface area contributed by atoms with Crippen LogP contribution < -0.4 is 18.9 Å². The van der Waals surface area contributed by atoms with E-state index < -0.39 is 12.1 Å². The minimum atomic E-state index is -0.672. The van der Waals surface area contributed by atoms with Crippen molar-refractivity contribution in [3.63, 3.8) is 0 Å². The van der Waals surface area contributed by atoms with Gasteiger partial charge in [0.2, 0.25) is 6.79 Å². The van der Waals surface area contributed by atoms with Crippen LogP contribution in [-0.4, -0.2) is 27.0 Å². The first-order chi connectivity index (χ1) is 15.2. The molecule has 0 saturated heterocycles. The van der Waals surface area contributed by atoms with E-state index in [-0.39, 0.29) is 6.79 Å². The summed E-state index contributed by atoms with van der Waals surface area (Å²) < 4.78 is 27.8. The third kappa shape index (κ3) is 3.26. The lowest BCUT2D eigenvalue weighted by Gasteiger charge is -2.30. The maximum Gasteiger partial charge on any atom is 0.338 e. The molecule has 1 unspecified atom stereocenters. The van der Waals surface area contributed by atoms with Crippen molar-refractivity contribution < 1.29 is 28.5 Å². The van der Waals surface area contributed by atoms with Gasteiger partial charge in [0.15, 0.2) is 17.6 Å². The molecular formula is C25H20O6. The summed E-state index contributed by atoms with van der Waals surface area (Å²) >= 11 is 0. The number of esters is 1. The molecule has 0 aromatic heterocycles. The molecule has 0 bridgehead atoms. The lowest BCUT2D eigenvalue weighted by molar-refractivity contribution is -0.137. The van der Waals surface area contributed by atoms with Crippen LogP contribution >= 0.6 is 0 Å². The summed E-state index contributed by atoms with van der Waals surface area (Å²) in [4.78, 5) is 13.1. The maximum atomic E-state index is 13.1. The molecule has 0 saturated carbocycles. The molecule has 0 aliphatic carbocycles. The summed E-state index contributed by atoms with van der Waals surface area (Å²) in [5, 5.41) is 0. The number of benzene rings is 3. The zero-order valence-corrected chi connectivity index (χ0v) is 17.1. The number of carbonyl (C=O) groups is 1. The first-order valence-corrected chi connectivity index (χ1v) is 9.82. The van der Waals surface area contributed by atoms with Crippen molar-refractivity contribution >= 4 is 11.5 Å². The number of hydrogen-bond acceptors (Lipinski definition) is 6. The van der Waals surface area contributed by atoms with E-state index in [9.17, 15) is 4.79 Å². The third-order valence-electron chi connectivity index (χ3n) is 5.42. The van der Waals surface area contributed by atoms with Gasteiger partial charge < -0.3 is 23.7 Å². The van der Waals surface area contributed by atoms with Crippen LogP contribution in [0.2, 0.25) is 0 Å². The molecule has 0 fully saturated rings. The van der Waals surface area contributed by atoms with Crippen LogP contribution in [0, 0.1) is 0 Å². The fourth-order valence-corrected chi connectivity index (χ4v) is 3.94. The molecule has 2 heterocycles. The van der Waals surface area contributed by atoms with Crippen LogP contribution in [0.4, 0.5) is 0 Å². The highest BCUT2D eigenvalue weighted by molar-refractivity contribution is 6.04. The smallest absolute Gasteiger partial charge is 0.338 e. The molecule has 2 aliphatic heterocycles. The number of methoxy groups -OCH3 is 2. The molecular weight excluding hydrogens is 396 g/mol. The summed E-state index contributed by atoms with van der Waals surface area (Å²) in [6, 6.07) is 20.8. The highest BCUT2D eigenvalue weighted by atomic mass is 16.7. The van der Waals surface area contributed by atoms with Gasteiger partial charge in [0.25, 0.3) is 0 Å². The number of fused-ring (bicyclic) bond motifs is 2. The zero-order chi connectivity index (χ0) is 21.4. The van der Waals surface area contributed by atoms with Crippen molar-refractivity contribution in [1.29, 1.82) is 0 Å². The van der Waals surface area contributed by atoms with E-state index in [2.05, 4.69) is 0 Å². The van der Waals surface area contributed by atoms with E-state index in [1.807, 2.05) is 66.7 Å². The largest absolute Gasteiger partial charge is 0.497 e. The molecule has 156 valence electrons. The van der Waals surface area contributed by atoms with Crippen molar-refractivity contribution in [3.8, 4) is 23.0 Å². The second-order valence-electron chi connectivity index (χ2n) is 7.12. The topological polar surface area (TPSA) is 63.2 Å². The number of para-hydroxylation sites is 1. The Balaban J connectivity index is 1.74. The maximum absolute atomic E-state index is 13.1. The predicted octanol–water partition coefficient (Wildman–Crippen LogP) is 4.53. The van der Waals surface area contributed by atoms with E-state index in [4.69, 9.17) is 23.7 Å². The highest BCUT2D eigenvalue weighted by Crippen LogP contribution is 2.47. The third-order valence-corrected chi connectivity index (χ3v) is 5.42. The molecule has 0 amide bonds. The van der Waals surface area contributed by atoms with Gasteiger partial charge in [0.05, 0.1) is 19.8 Å². The van der Waals surface area contributed by atoms with Gasteiger partial charge in [-0.3, -0.25) is 0 Å². The lowest BCUT2D eigenvalue weighted by atomic mass is 9.85. The number of carbonyl (C=O) groups excluding carboxylic acids is 1. The molecule has 6 heteroatoms. The van der Waals surface area contributed by atoms with Gasteiger partial charge in [0, 0.05) is 16.7 Å². The van der Waals surface area contributed by atoms with Crippen LogP contribution in [-0.2, 0) is 9.53 Å². The Morgan fingerprint density at radius 3 is 2.45 bits per heavy atom. The van der Waals surface area contributed by atoms with Crippen LogP contribution in [0.25, 0.3) is 5.57 Å². The first kappa shape index (κ1) is 19.1. The molecule has 31 heavy (non-hydrogen) atoms. The average Bonchev–Trinajstić information content (AvgIpc) is 3.30. The van der Waals surface area contributed by atoms with Gasteiger partial charge >= 0.3 is 5.97 Å². The molecule has 3 aromatic rings. The number of rotatable bonds is 4. The van der Waals surface area contributed by atoms with Crippen molar-refractivity contribution in [1.82, 2.24) is 0 Å². The van der Waals surface area contributed by atoms with Crippen molar-refractivity contribution in [2.75, 3.05) is 21.0 Å². The van der Waals surface area contributed by atoms with Gasteiger partial charge in [-0.2, -0.15) is 0 Å². The van der Waals surface area contributed by atoms with Crippen LogP contribution in [0.5, 0.6) is 23.0 Å². The Kier molecular flexibility index (Phi) is 4.75. The Labute approximate surface area is 179 Å². The van der Waals surface area contributed by atoms with Crippen molar-refractivity contribution in [3.05, 3.63) is 89.0 Å². The summed E-state index contributed by atoms with van der Waals surface area (Å²) in [7, 11) is 2.99. The molecule has 0 spiro atoms. The predicted molar refractivity (Wildman–Crippen MR) is 113 cm³/mol. The second kappa shape index (κ2) is 7.72. The second-order valence-corrected chi connectivity index (χ2v) is 7.12. The molecule has 1 atom stereocenters. The Morgan fingerprint density at radius 1 is 0.903 bits per heavy atom. The van der Waals surface area contributed by atoms with Gasteiger partial charge in [-0.1, -0.05) is 36.4 Å². The number of hydrogen-bond donors (Lipinski definition) is 0. The van der Waals surface area contributed by atoms with E-state index in [0.29, 0.717) is 22.8 Å². The molecule has 6 nitrogen and oxygen atoms in total. The van der Waals surface area contributed by atoms with Gasteiger partial charge in [-0.15, -0.1) is 0 Å². The normalized spacial score (nSPS) is 16.4. The SMILES string of the molecule is COC(=O)C1=C(c2ccc(OC)cc2)c2ccccc2OC1c1ccc2c(c1)OCO2. The van der Waals surface area contributed by atoms with Gasteiger partial charge in [-0.05, 0) is 35.9 Å². The summed E-state index contributed by atoms with van der Waals surface area (Å²) in [6.07, 6.45) is -0.672. The first-order valence-electron chi connectivity index (χ1n) is 9.82.